The largest absolute Gasteiger partial charge is 0.295 e. The first kappa shape index (κ1) is 10.2. The molecule has 72 valence electrons. The van der Waals surface area contributed by atoms with E-state index in [4.69, 9.17) is 0 Å². The van der Waals surface area contributed by atoms with E-state index >= 15 is 0 Å². The van der Waals surface area contributed by atoms with Gasteiger partial charge in [0, 0.05) is 0 Å². The Morgan fingerprint density at radius 1 is 1.62 bits per heavy atom. The molecule has 1 aliphatic carbocycles. The average Bonchev–Trinajstić information content (AvgIpc) is 2.02. The molecule has 0 fully saturated rings. The molecule has 0 heterocycles. The highest BCUT2D eigenvalue weighted by atomic mass is 16.1. The molecule has 0 saturated heterocycles. The predicted octanol–water partition coefficient (Wildman–Crippen LogP) is 3.12. The van der Waals surface area contributed by atoms with Gasteiger partial charge in [-0.3, -0.25) is 4.79 Å². The zero-order chi connectivity index (χ0) is 9.84. The van der Waals surface area contributed by atoms with E-state index in [1.807, 2.05) is 0 Å². The lowest BCUT2D eigenvalue weighted by Crippen LogP contribution is -2.12. The smallest absolute Gasteiger partial charge is 0.152 e. The van der Waals surface area contributed by atoms with E-state index in [1.165, 1.54) is 18.4 Å². The van der Waals surface area contributed by atoms with Crippen LogP contribution in [0.15, 0.2) is 23.8 Å². The van der Waals surface area contributed by atoms with Crippen molar-refractivity contribution < 1.29 is 4.79 Å². The van der Waals surface area contributed by atoms with E-state index in [0.717, 1.165) is 0 Å². The molecule has 0 aromatic carbocycles. The fourth-order valence-corrected chi connectivity index (χ4v) is 1.84. The second kappa shape index (κ2) is 4.40. The van der Waals surface area contributed by atoms with Gasteiger partial charge in [0.25, 0.3) is 0 Å². The van der Waals surface area contributed by atoms with Crippen LogP contribution in [0.4, 0.5) is 0 Å². The highest BCUT2D eigenvalue weighted by Gasteiger charge is 2.16. The van der Waals surface area contributed by atoms with Crippen LogP contribution in [0.3, 0.4) is 0 Å². The lowest BCUT2D eigenvalue weighted by atomic mass is 9.82. The van der Waals surface area contributed by atoms with Gasteiger partial charge in [0.1, 0.15) is 0 Å². The van der Waals surface area contributed by atoms with Crippen LogP contribution >= 0.6 is 0 Å². The van der Waals surface area contributed by atoms with E-state index < -0.39 is 0 Å². The summed E-state index contributed by atoms with van der Waals surface area (Å²) in [5.41, 5.74) is 1.49. The van der Waals surface area contributed by atoms with Crippen molar-refractivity contribution in [2.24, 2.45) is 11.8 Å². The van der Waals surface area contributed by atoms with E-state index in [0.29, 0.717) is 11.8 Å². The summed E-state index contributed by atoms with van der Waals surface area (Å²) in [4.78, 5) is 10.8. The van der Waals surface area contributed by atoms with Crippen molar-refractivity contribution in [2.45, 2.75) is 33.6 Å². The summed E-state index contributed by atoms with van der Waals surface area (Å²) in [6.45, 7) is 6.00. The van der Waals surface area contributed by atoms with Crippen molar-refractivity contribution in [3.05, 3.63) is 23.8 Å². The van der Waals surface area contributed by atoms with E-state index in [2.05, 4.69) is 26.0 Å². The van der Waals surface area contributed by atoms with E-state index in [9.17, 15) is 4.79 Å². The summed E-state index contributed by atoms with van der Waals surface area (Å²) in [6, 6.07) is 0. The zero-order valence-electron chi connectivity index (χ0n) is 8.71. The maximum absolute atomic E-state index is 10.8. The second-order valence-electron chi connectivity index (χ2n) is 4.04. The molecule has 1 nitrogen and oxygen atoms in total. The molecule has 0 N–H and O–H groups in total. The predicted molar refractivity (Wildman–Crippen MR) is 55.5 cm³/mol. The van der Waals surface area contributed by atoms with Crippen LogP contribution in [0.25, 0.3) is 0 Å². The van der Waals surface area contributed by atoms with Crippen LogP contribution in [0.5, 0.6) is 0 Å². The molecule has 1 heteroatoms. The molecule has 0 amide bonds. The van der Waals surface area contributed by atoms with Crippen LogP contribution in [0.2, 0.25) is 0 Å². The van der Waals surface area contributed by atoms with Gasteiger partial charge in [-0.15, -0.1) is 0 Å². The molecule has 1 rings (SSSR count). The molecule has 0 saturated carbocycles. The molecule has 0 bridgehead atoms. The van der Waals surface area contributed by atoms with Gasteiger partial charge in [0.15, 0.2) is 5.78 Å². The van der Waals surface area contributed by atoms with Crippen LogP contribution in [-0.4, -0.2) is 5.78 Å². The van der Waals surface area contributed by atoms with Gasteiger partial charge >= 0.3 is 0 Å². The lowest BCUT2D eigenvalue weighted by molar-refractivity contribution is -0.112. The third-order valence-corrected chi connectivity index (χ3v) is 2.67. The van der Waals surface area contributed by atoms with Gasteiger partial charge in [0.05, 0.1) is 0 Å². The molecule has 1 aliphatic rings. The number of allylic oxidation sites excluding steroid dienone is 4. The number of rotatable bonds is 2. The van der Waals surface area contributed by atoms with Crippen molar-refractivity contribution in [3.8, 4) is 0 Å². The van der Waals surface area contributed by atoms with E-state index in [1.54, 1.807) is 13.0 Å². The Morgan fingerprint density at radius 3 is 2.85 bits per heavy atom. The second-order valence-corrected chi connectivity index (χ2v) is 4.04. The first-order chi connectivity index (χ1) is 6.09. The van der Waals surface area contributed by atoms with Crippen molar-refractivity contribution in [1.82, 2.24) is 0 Å². The van der Waals surface area contributed by atoms with Crippen LogP contribution < -0.4 is 0 Å². The highest BCUT2D eigenvalue weighted by molar-refractivity contribution is 5.87. The number of ketones is 1. The van der Waals surface area contributed by atoms with Gasteiger partial charge in [0.2, 0.25) is 0 Å². The Balaban J connectivity index is 2.58. The van der Waals surface area contributed by atoms with Gasteiger partial charge in [-0.2, -0.15) is 0 Å². The summed E-state index contributed by atoms with van der Waals surface area (Å²) >= 11 is 0. The van der Waals surface area contributed by atoms with Crippen LogP contribution in [-0.2, 0) is 4.79 Å². The molecule has 13 heavy (non-hydrogen) atoms. The average molecular weight is 178 g/mol. The van der Waals surface area contributed by atoms with Crippen LogP contribution in [0, 0.1) is 11.8 Å². The number of hydrogen-bond acceptors (Lipinski definition) is 1. The molecule has 0 spiro atoms. The Morgan fingerprint density at radius 2 is 2.31 bits per heavy atom. The third-order valence-electron chi connectivity index (χ3n) is 2.67. The first-order valence-electron chi connectivity index (χ1n) is 4.95. The summed E-state index contributed by atoms with van der Waals surface area (Å²) in [5, 5.41) is 0. The van der Waals surface area contributed by atoms with E-state index in [-0.39, 0.29) is 5.78 Å². The molecular formula is C12H18O. The quantitative estimate of drug-likeness (QED) is 0.469. The summed E-state index contributed by atoms with van der Waals surface area (Å²) in [5.74, 6) is 1.30. The Bertz CT molecular complexity index is 248. The normalized spacial score (nSPS) is 29.0. The molecule has 2 unspecified atom stereocenters. The Hall–Kier alpha value is -0.850. The Labute approximate surface area is 80.5 Å². The Kier molecular flexibility index (Phi) is 3.47. The monoisotopic (exact) mass is 178 g/mol. The van der Waals surface area contributed by atoms with Gasteiger partial charge in [-0.05, 0) is 44.6 Å². The topological polar surface area (TPSA) is 17.1 Å². The van der Waals surface area contributed by atoms with Gasteiger partial charge < -0.3 is 0 Å². The van der Waals surface area contributed by atoms with Gasteiger partial charge in [-0.25, -0.2) is 0 Å². The minimum Gasteiger partial charge on any atom is -0.295 e. The highest BCUT2D eigenvalue weighted by Crippen LogP contribution is 2.29. The van der Waals surface area contributed by atoms with Crippen molar-refractivity contribution in [2.75, 3.05) is 0 Å². The van der Waals surface area contributed by atoms with Crippen molar-refractivity contribution in [3.63, 3.8) is 0 Å². The molecule has 2 atom stereocenters. The van der Waals surface area contributed by atoms with Crippen molar-refractivity contribution in [1.29, 1.82) is 0 Å². The molecule has 0 aliphatic heterocycles. The number of carbonyl (C=O) groups is 1. The minimum absolute atomic E-state index is 0.151. The van der Waals surface area contributed by atoms with Gasteiger partial charge in [-0.1, -0.05) is 24.6 Å². The maximum Gasteiger partial charge on any atom is 0.152 e. The number of carbonyl (C=O) groups excluding carboxylic acids is 1. The summed E-state index contributed by atoms with van der Waals surface area (Å²) in [7, 11) is 0. The first-order valence-corrected chi connectivity index (χ1v) is 4.95. The fraction of sp³-hybridized carbons (Fsp3) is 0.583. The van der Waals surface area contributed by atoms with Crippen LogP contribution in [0.1, 0.15) is 33.6 Å². The number of hydrogen-bond donors (Lipinski definition) is 0. The molecule has 0 radical (unpaired) electrons. The van der Waals surface area contributed by atoms with Crippen molar-refractivity contribution >= 4 is 5.78 Å². The molecule has 0 aromatic rings. The zero-order valence-corrected chi connectivity index (χ0v) is 8.71. The maximum atomic E-state index is 10.8. The minimum atomic E-state index is 0.151. The lowest BCUT2D eigenvalue weighted by Gasteiger charge is -2.23. The summed E-state index contributed by atoms with van der Waals surface area (Å²) < 4.78 is 0. The molecule has 0 aromatic heterocycles. The third kappa shape index (κ3) is 3.17. The fourth-order valence-electron chi connectivity index (χ4n) is 1.84. The summed E-state index contributed by atoms with van der Waals surface area (Å²) in [6.07, 6.45) is 8.45. The SMILES string of the molecule is CC(=O)/C=C/C1CCC(C)=CC1C. The standard InChI is InChI=1S/C12H18O/c1-9-4-6-12(10(2)8-9)7-5-11(3)13/h5,7-8,10,12H,4,6H2,1-3H3/b7-5+. The molecular weight excluding hydrogens is 160 g/mol.